The van der Waals surface area contributed by atoms with Gasteiger partial charge >= 0.3 is 0 Å². The fourth-order valence-corrected chi connectivity index (χ4v) is 2.15. The number of hydrogen-bond donors (Lipinski definition) is 2. The highest BCUT2D eigenvalue weighted by atomic mass is 19.1. The standard InChI is InChI=1S/C14H22FN3O3/c1-10(9-21-3)18(7-8-20-2)12-6-4-5-11(15)13(12)14(16)17-19/h4-6,10,19H,7-9H2,1-3H3,(H2,16,17). The van der Waals surface area contributed by atoms with Gasteiger partial charge in [0.1, 0.15) is 5.82 Å². The van der Waals surface area contributed by atoms with Crippen LogP contribution in [0.15, 0.2) is 23.4 Å². The first-order valence-electron chi connectivity index (χ1n) is 6.57. The van der Waals surface area contributed by atoms with E-state index in [2.05, 4.69) is 5.16 Å². The first-order valence-corrected chi connectivity index (χ1v) is 6.57. The summed E-state index contributed by atoms with van der Waals surface area (Å²) in [6, 6.07) is 4.54. The van der Waals surface area contributed by atoms with Gasteiger partial charge in [0.25, 0.3) is 0 Å². The number of halogens is 1. The molecule has 0 amide bonds. The Kier molecular flexibility index (Phi) is 6.90. The third-order valence-electron chi connectivity index (χ3n) is 3.14. The fourth-order valence-electron chi connectivity index (χ4n) is 2.15. The van der Waals surface area contributed by atoms with Crippen molar-refractivity contribution < 1.29 is 19.1 Å². The van der Waals surface area contributed by atoms with Crippen molar-refractivity contribution in [1.82, 2.24) is 0 Å². The molecule has 21 heavy (non-hydrogen) atoms. The van der Waals surface area contributed by atoms with Crippen molar-refractivity contribution in [1.29, 1.82) is 0 Å². The van der Waals surface area contributed by atoms with E-state index in [1.807, 2.05) is 11.8 Å². The number of rotatable bonds is 8. The summed E-state index contributed by atoms with van der Waals surface area (Å²) in [5, 5.41) is 11.8. The van der Waals surface area contributed by atoms with E-state index in [4.69, 9.17) is 20.4 Å². The zero-order chi connectivity index (χ0) is 15.8. The predicted molar refractivity (Wildman–Crippen MR) is 79.5 cm³/mol. The average molecular weight is 299 g/mol. The molecule has 0 saturated carbocycles. The van der Waals surface area contributed by atoms with Crippen LogP contribution < -0.4 is 10.6 Å². The van der Waals surface area contributed by atoms with Gasteiger partial charge in [0, 0.05) is 26.8 Å². The van der Waals surface area contributed by atoms with Gasteiger partial charge in [0.05, 0.1) is 24.5 Å². The minimum atomic E-state index is -0.546. The Bertz CT molecular complexity index is 483. The summed E-state index contributed by atoms with van der Waals surface area (Å²) in [6.45, 7) is 3.38. The molecule has 0 radical (unpaired) electrons. The molecular formula is C14H22FN3O3. The van der Waals surface area contributed by atoms with Gasteiger partial charge in [0.15, 0.2) is 5.84 Å². The molecule has 3 N–H and O–H groups in total. The van der Waals surface area contributed by atoms with Gasteiger partial charge in [-0.25, -0.2) is 4.39 Å². The quantitative estimate of drug-likeness (QED) is 0.328. The van der Waals surface area contributed by atoms with Crippen LogP contribution in [0.4, 0.5) is 10.1 Å². The molecule has 1 aromatic rings. The van der Waals surface area contributed by atoms with Crippen molar-refractivity contribution in [3.8, 4) is 0 Å². The summed E-state index contributed by atoms with van der Waals surface area (Å²) in [5.74, 6) is -0.815. The molecule has 0 bridgehead atoms. The molecule has 1 unspecified atom stereocenters. The molecule has 0 aliphatic heterocycles. The zero-order valence-corrected chi connectivity index (χ0v) is 12.5. The Labute approximate surface area is 123 Å². The highest BCUT2D eigenvalue weighted by molar-refractivity contribution is 6.02. The number of nitrogens with zero attached hydrogens (tertiary/aromatic N) is 2. The maximum absolute atomic E-state index is 14.1. The van der Waals surface area contributed by atoms with Gasteiger partial charge in [0.2, 0.25) is 0 Å². The Morgan fingerprint density at radius 2 is 2.14 bits per heavy atom. The molecule has 0 aromatic heterocycles. The van der Waals surface area contributed by atoms with E-state index in [1.54, 1.807) is 26.4 Å². The summed E-state index contributed by atoms with van der Waals surface area (Å²) in [4.78, 5) is 1.91. The number of benzene rings is 1. The van der Waals surface area contributed by atoms with Crippen molar-refractivity contribution in [3.05, 3.63) is 29.6 Å². The van der Waals surface area contributed by atoms with Gasteiger partial charge in [-0.1, -0.05) is 11.2 Å². The van der Waals surface area contributed by atoms with Crippen LogP contribution in [0.1, 0.15) is 12.5 Å². The van der Waals surface area contributed by atoms with Crippen molar-refractivity contribution in [3.63, 3.8) is 0 Å². The van der Waals surface area contributed by atoms with E-state index in [0.29, 0.717) is 25.4 Å². The number of methoxy groups -OCH3 is 2. The SMILES string of the molecule is COCCN(c1cccc(F)c1C(N)=NO)C(C)COC. The summed E-state index contributed by atoms with van der Waals surface area (Å²) in [7, 11) is 3.19. The van der Waals surface area contributed by atoms with Crippen LogP contribution in [0.5, 0.6) is 0 Å². The van der Waals surface area contributed by atoms with Gasteiger partial charge in [-0.3, -0.25) is 0 Å². The summed E-state index contributed by atoms with van der Waals surface area (Å²) in [5.41, 5.74) is 6.21. The molecule has 0 aliphatic carbocycles. The second-order valence-corrected chi connectivity index (χ2v) is 4.61. The van der Waals surface area contributed by atoms with Gasteiger partial charge in [-0.15, -0.1) is 0 Å². The molecule has 0 heterocycles. The van der Waals surface area contributed by atoms with E-state index in [1.165, 1.54) is 6.07 Å². The Balaban J connectivity index is 3.26. The van der Waals surface area contributed by atoms with Crippen LogP contribution in [0.25, 0.3) is 0 Å². The van der Waals surface area contributed by atoms with Gasteiger partial charge in [-0.05, 0) is 19.1 Å². The first kappa shape index (κ1) is 17.2. The molecule has 1 aromatic carbocycles. The van der Waals surface area contributed by atoms with Crippen molar-refractivity contribution in [2.45, 2.75) is 13.0 Å². The van der Waals surface area contributed by atoms with E-state index < -0.39 is 5.82 Å². The molecule has 0 fully saturated rings. The molecule has 0 spiro atoms. The number of oxime groups is 1. The Hall–Kier alpha value is -1.86. The van der Waals surface area contributed by atoms with Gasteiger partial charge < -0.3 is 25.3 Å². The number of anilines is 1. The lowest BCUT2D eigenvalue weighted by Gasteiger charge is -2.32. The van der Waals surface area contributed by atoms with Crippen LogP contribution in [-0.2, 0) is 9.47 Å². The summed E-state index contributed by atoms with van der Waals surface area (Å²) in [6.07, 6.45) is 0. The lowest BCUT2D eigenvalue weighted by Crippen LogP contribution is -2.40. The first-order chi connectivity index (χ1) is 10.1. The van der Waals surface area contributed by atoms with Gasteiger partial charge in [-0.2, -0.15) is 0 Å². The maximum atomic E-state index is 14.1. The number of ether oxygens (including phenoxy) is 2. The zero-order valence-electron chi connectivity index (χ0n) is 12.5. The van der Waals surface area contributed by atoms with Crippen molar-refractivity contribution in [2.24, 2.45) is 10.9 Å². The molecule has 118 valence electrons. The van der Waals surface area contributed by atoms with Crippen LogP contribution in [0, 0.1) is 5.82 Å². The van der Waals surface area contributed by atoms with Crippen LogP contribution in [-0.4, -0.2) is 51.1 Å². The number of nitrogens with two attached hydrogens (primary N) is 1. The van der Waals surface area contributed by atoms with E-state index in [9.17, 15) is 4.39 Å². The van der Waals surface area contributed by atoms with Crippen LogP contribution in [0.2, 0.25) is 0 Å². The predicted octanol–water partition coefficient (Wildman–Crippen LogP) is 1.41. The fraction of sp³-hybridized carbons (Fsp3) is 0.500. The molecule has 1 atom stereocenters. The number of amidine groups is 1. The Morgan fingerprint density at radius 1 is 1.43 bits per heavy atom. The van der Waals surface area contributed by atoms with Crippen molar-refractivity contribution in [2.75, 3.05) is 38.9 Å². The third-order valence-corrected chi connectivity index (χ3v) is 3.14. The normalized spacial score (nSPS) is 13.2. The minimum absolute atomic E-state index is 0.0304. The topological polar surface area (TPSA) is 80.3 Å². The van der Waals surface area contributed by atoms with E-state index in [0.717, 1.165) is 0 Å². The largest absolute Gasteiger partial charge is 0.409 e. The molecule has 1 rings (SSSR count). The highest BCUT2D eigenvalue weighted by Gasteiger charge is 2.21. The highest BCUT2D eigenvalue weighted by Crippen LogP contribution is 2.25. The smallest absolute Gasteiger partial charge is 0.175 e. The van der Waals surface area contributed by atoms with Crippen molar-refractivity contribution >= 4 is 11.5 Å². The third kappa shape index (κ3) is 4.30. The van der Waals surface area contributed by atoms with Crippen LogP contribution >= 0.6 is 0 Å². The molecule has 6 nitrogen and oxygen atoms in total. The minimum Gasteiger partial charge on any atom is -0.409 e. The molecular weight excluding hydrogens is 277 g/mol. The van der Waals surface area contributed by atoms with E-state index >= 15 is 0 Å². The van der Waals surface area contributed by atoms with E-state index in [-0.39, 0.29) is 17.4 Å². The maximum Gasteiger partial charge on any atom is 0.175 e. The second kappa shape index (κ2) is 8.43. The summed E-state index contributed by atoms with van der Waals surface area (Å²) < 4.78 is 24.3. The lowest BCUT2D eigenvalue weighted by molar-refractivity contribution is 0.171. The number of hydrogen-bond acceptors (Lipinski definition) is 5. The molecule has 0 aliphatic rings. The monoisotopic (exact) mass is 299 g/mol. The van der Waals surface area contributed by atoms with Crippen LogP contribution in [0.3, 0.4) is 0 Å². The summed E-state index contributed by atoms with van der Waals surface area (Å²) >= 11 is 0. The molecule has 0 saturated heterocycles. The lowest BCUT2D eigenvalue weighted by atomic mass is 10.1. The molecule has 7 heteroatoms. The second-order valence-electron chi connectivity index (χ2n) is 4.61. The average Bonchev–Trinajstić information content (AvgIpc) is 2.47. The Morgan fingerprint density at radius 3 is 2.71 bits per heavy atom.